The summed E-state index contributed by atoms with van der Waals surface area (Å²) in [5.74, 6) is 1.17. The predicted octanol–water partition coefficient (Wildman–Crippen LogP) is 5.95. The van der Waals surface area contributed by atoms with Gasteiger partial charge < -0.3 is 19.2 Å². The SMILES string of the molecule is CCOC(=O)c1cc2c(NCc3ccc(OC)cc3)nc3cc(-c4ccccc4)ccc3n2c1. The van der Waals surface area contributed by atoms with E-state index in [-0.39, 0.29) is 5.97 Å². The molecule has 5 rings (SSSR count). The van der Waals surface area contributed by atoms with Gasteiger partial charge in [-0.05, 0) is 53.9 Å². The number of rotatable bonds is 7. The molecule has 1 N–H and O–H groups in total. The standard InChI is InChI=1S/C28H25N3O3/c1-3-34-28(32)22-16-26-27(29-17-19-9-12-23(33-2)13-10-19)30-24-15-21(20-7-5-4-6-8-20)11-14-25(24)31(26)18-22/h4-16,18H,3,17H2,1-2H3,(H,29,30). The molecular formula is C28H25N3O3. The number of ether oxygens (including phenoxy) is 2. The summed E-state index contributed by atoms with van der Waals surface area (Å²) in [6, 6.07) is 26.1. The summed E-state index contributed by atoms with van der Waals surface area (Å²) < 4.78 is 12.5. The van der Waals surface area contributed by atoms with E-state index >= 15 is 0 Å². The van der Waals surface area contributed by atoms with Crippen molar-refractivity contribution in [3.63, 3.8) is 0 Å². The van der Waals surface area contributed by atoms with Gasteiger partial charge in [0.2, 0.25) is 0 Å². The Kier molecular flexibility index (Phi) is 5.87. The van der Waals surface area contributed by atoms with E-state index in [9.17, 15) is 4.79 Å². The summed E-state index contributed by atoms with van der Waals surface area (Å²) in [6.45, 7) is 2.71. The summed E-state index contributed by atoms with van der Waals surface area (Å²) in [7, 11) is 1.65. The second-order valence-electron chi connectivity index (χ2n) is 7.94. The average molecular weight is 452 g/mol. The molecule has 0 aliphatic heterocycles. The summed E-state index contributed by atoms with van der Waals surface area (Å²) in [5, 5.41) is 3.45. The molecule has 5 aromatic rings. The van der Waals surface area contributed by atoms with Crippen LogP contribution in [-0.2, 0) is 11.3 Å². The number of aromatic nitrogens is 2. The number of methoxy groups -OCH3 is 1. The minimum Gasteiger partial charge on any atom is -0.497 e. The molecular weight excluding hydrogens is 426 g/mol. The highest BCUT2D eigenvalue weighted by Crippen LogP contribution is 2.29. The maximum atomic E-state index is 12.5. The van der Waals surface area contributed by atoms with Crippen LogP contribution in [-0.4, -0.2) is 29.1 Å². The molecule has 0 fully saturated rings. The van der Waals surface area contributed by atoms with E-state index in [0.29, 0.717) is 24.5 Å². The number of esters is 1. The molecule has 0 radical (unpaired) electrons. The second-order valence-corrected chi connectivity index (χ2v) is 7.94. The Morgan fingerprint density at radius 1 is 0.941 bits per heavy atom. The Morgan fingerprint density at radius 2 is 1.74 bits per heavy atom. The fraction of sp³-hybridized carbons (Fsp3) is 0.143. The Balaban J connectivity index is 1.59. The number of fused-ring (bicyclic) bond motifs is 3. The van der Waals surface area contributed by atoms with Gasteiger partial charge in [0.25, 0.3) is 0 Å². The molecule has 3 aromatic carbocycles. The number of nitrogens with one attached hydrogen (secondary N) is 1. The Bertz CT molecular complexity index is 1460. The maximum absolute atomic E-state index is 12.5. The zero-order chi connectivity index (χ0) is 23.5. The molecule has 0 aliphatic carbocycles. The van der Waals surface area contributed by atoms with E-state index in [4.69, 9.17) is 14.5 Å². The van der Waals surface area contributed by atoms with E-state index in [0.717, 1.165) is 39.0 Å². The predicted molar refractivity (Wildman–Crippen MR) is 134 cm³/mol. The van der Waals surface area contributed by atoms with E-state index < -0.39 is 0 Å². The molecule has 0 aliphatic rings. The van der Waals surface area contributed by atoms with Crippen molar-refractivity contribution in [3.8, 4) is 16.9 Å². The van der Waals surface area contributed by atoms with Gasteiger partial charge in [0, 0.05) is 12.7 Å². The normalized spacial score (nSPS) is 11.0. The average Bonchev–Trinajstić information content (AvgIpc) is 3.34. The first-order chi connectivity index (χ1) is 16.7. The zero-order valence-corrected chi connectivity index (χ0v) is 19.1. The highest BCUT2D eigenvalue weighted by atomic mass is 16.5. The minimum atomic E-state index is -0.346. The molecule has 0 bridgehead atoms. The smallest absolute Gasteiger partial charge is 0.339 e. The third-order valence-electron chi connectivity index (χ3n) is 5.77. The van der Waals surface area contributed by atoms with Crippen LogP contribution in [0.1, 0.15) is 22.8 Å². The van der Waals surface area contributed by atoms with Crippen LogP contribution in [0.5, 0.6) is 5.75 Å². The Labute approximate surface area is 197 Å². The van der Waals surface area contributed by atoms with Gasteiger partial charge >= 0.3 is 5.97 Å². The van der Waals surface area contributed by atoms with Crippen molar-refractivity contribution < 1.29 is 14.3 Å². The summed E-state index contributed by atoms with van der Waals surface area (Å²) >= 11 is 0. The van der Waals surface area contributed by atoms with Crippen LogP contribution in [0, 0.1) is 0 Å². The van der Waals surface area contributed by atoms with E-state index in [1.165, 1.54) is 0 Å². The van der Waals surface area contributed by atoms with Crippen molar-refractivity contribution >= 4 is 28.3 Å². The van der Waals surface area contributed by atoms with Gasteiger partial charge in [-0.3, -0.25) is 0 Å². The number of carbonyl (C=O) groups excluding carboxylic acids is 1. The maximum Gasteiger partial charge on any atom is 0.339 e. The lowest BCUT2D eigenvalue weighted by atomic mass is 10.1. The van der Waals surface area contributed by atoms with Crippen LogP contribution < -0.4 is 10.1 Å². The van der Waals surface area contributed by atoms with E-state index in [1.807, 2.05) is 65.2 Å². The molecule has 6 nitrogen and oxygen atoms in total. The zero-order valence-electron chi connectivity index (χ0n) is 19.1. The van der Waals surface area contributed by atoms with Gasteiger partial charge in [-0.15, -0.1) is 0 Å². The van der Waals surface area contributed by atoms with Crippen molar-refractivity contribution in [1.82, 2.24) is 9.38 Å². The quantitative estimate of drug-likeness (QED) is 0.310. The van der Waals surface area contributed by atoms with Crippen LogP contribution in [0.2, 0.25) is 0 Å². The molecule has 0 amide bonds. The number of anilines is 1. The van der Waals surface area contributed by atoms with E-state index in [1.54, 1.807) is 14.0 Å². The second kappa shape index (κ2) is 9.27. The van der Waals surface area contributed by atoms with Crippen LogP contribution >= 0.6 is 0 Å². The number of hydrogen-bond acceptors (Lipinski definition) is 5. The first kappa shape index (κ1) is 21.5. The minimum absolute atomic E-state index is 0.326. The van der Waals surface area contributed by atoms with Crippen molar-refractivity contribution in [2.45, 2.75) is 13.5 Å². The van der Waals surface area contributed by atoms with E-state index in [2.05, 4.69) is 29.6 Å². The first-order valence-electron chi connectivity index (χ1n) is 11.2. The van der Waals surface area contributed by atoms with Gasteiger partial charge in [-0.25, -0.2) is 9.78 Å². The lowest BCUT2D eigenvalue weighted by Gasteiger charge is -2.12. The summed E-state index contributed by atoms with van der Waals surface area (Å²) in [5.41, 5.74) is 6.36. The molecule has 0 saturated heterocycles. The number of carbonyl (C=O) groups is 1. The molecule has 0 spiro atoms. The number of benzene rings is 3. The summed E-state index contributed by atoms with van der Waals surface area (Å²) in [6.07, 6.45) is 1.82. The van der Waals surface area contributed by atoms with Gasteiger partial charge in [-0.1, -0.05) is 48.5 Å². The van der Waals surface area contributed by atoms with Crippen molar-refractivity contribution in [2.24, 2.45) is 0 Å². The molecule has 0 unspecified atom stereocenters. The largest absolute Gasteiger partial charge is 0.497 e. The third-order valence-corrected chi connectivity index (χ3v) is 5.77. The van der Waals surface area contributed by atoms with Crippen LogP contribution in [0.15, 0.2) is 85.1 Å². The molecule has 2 aromatic heterocycles. The van der Waals surface area contributed by atoms with Crippen LogP contribution in [0.3, 0.4) is 0 Å². The highest BCUT2D eigenvalue weighted by Gasteiger charge is 2.16. The number of hydrogen-bond donors (Lipinski definition) is 1. The van der Waals surface area contributed by atoms with Crippen molar-refractivity contribution in [1.29, 1.82) is 0 Å². The first-order valence-corrected chi connectivity index (χ1v) is 11.2. The molecule has 6 heteroatoms. The monoisotopic (exact) mass is 451 g/mol. The third kappa shape index (κ3) is 4.18. The molecule has 0 saturated carbocycles. The van der Waals surface area contributed by atoms with Crippen LogP contribution in [0.4, 0.5) is 5.82 Å². The van der Waals surface area contributed by atoms with Gasteiger partial charge in [0.1, 0.15) is 5.75 Å². The molecule has 0 atom stereocenters. The molecule has 170 valence electrons. The van der Waals surface area contributed by atoms with Gasteiger partial charge in [0.05, 0.1) is 35.8 Å². The van der Waals surface area contributed by atoms with Gasteiger partial charge in [-0.2, -0.15) is 0 Å². The van der Waals surface area contributed by atoms with Gasteiger partial charge in [0.15, 0.2) is 5.82 Å². The fourth-order valence-electron chi connectivity index (χ4n) is 4.03. The van der Waals surface area contributed by atoms with Crippen molar-refractivity contribution in [3.05, 3.63) is 96.2 Å². The lowest BCUT2D eigenvalue weighted by Crippen LogP contribution is -2.04. The number of nitrogens with zero attached hydrogens (tertiary/aromatic N) is 2. The fourth-order valence-corrected chi connectivity index (χ4v) is 4.03. The molecule has 2 heterocycles. The molecule has 34 heavy (non-hydrogen) atoms. The topological polar surface area (TPSA) is 64.9 Å². The van der Waals surface area contributed by atoms with Crippen molar-refractivity contribution in [2.75, 3.05) is 19.0 Å². The Morgan fingerprint density at radius 3 is 2.47 bits per heavy atom. The lowest BCUT2D eigenvalue weighted by molar-refractivity contribution is 0.0526. The van der Waals surface area contributed by atoms with Crippen LogP contribution in [0.25, 0.3) is 27.7 Å². The summed E-state index contributed by atoms with van der Waals surface area (Å²) in [4.78, 5) is 17.4. The Hall–Kier alpha value is -4.32. The highest BCUT2D eigenvalue weighted by molar-refractivity contribution is 5.95.